The lowest BCUT2D eigenvalue weighted by molar-refractivity contribution is 1.09. The Hall–Kier alpha value is -1.11. The first-order valence-electron chi connectivity index (χ1n) is 3.46. The number of rotatable bonds is 0. The van der Waals surface area contributed by atoms with E-state index in [-0.39, 0.29) is 0 Å². The quantitative estimate of drug-likeness (QED) is 0.510. The molecule has 50 valence electrons. The zero-order valence-electron chi connectivity index (χ0n) is 5.96. The highest BCUT2D eigenvalue weighted by Crippen LogP contribution is 2.17. The molecule has 0 bridgehead atoms. The lowest BCUT2D eigenvalue weighted by Crippen LogP contribution is -1.86. The predicted octanol–water partition coefficient (Wildman–Crippen LogP) is 1.93. The number of benzene rings is 1. The summed E-state index contributed by atoms with van der Waals surface area (Å²) in [6.45, 7) is 3.01. The van der Waals surface area contributed by atoms with E-state index in [1.807, 2.05) is 6.21 Å². The molecular weight excluding hydrogens is 122 g/mol. The van der Waals surface area contributed by atoms with Gasteiger partial charge in [-0.3, -0.25) is 4.99 Å². The van der Waals surface area contributed by atoms with E-state index in [1.54, 1.807) is 0 Å². The molecule has 0 saturated carbocycles. The van der Waals surface area contributed by atoms with Gasteiger partial charge in [-0.1, -0.05) is 18.2 Å². The maximum atomic E-state index is 4.19. The molecule has 1 aromatic rings. The van der Waals surface area contributed by atoms with Crippen molar-refractivity contribution >= 4 is 6.21 Å². The van der Waals surface area contributed by atoms with Crippen LogP contribution in [0.25, 0.3) is 0 Å². The van der Waals surface area contributed by atoms with E-state index >= 15 is 0 Å². The molecule has 0 aromatic heterocycles. The molecule has 0 fully saturated rings. The van der Waals surface area contributed by atoms with E-state index in [0.717, 1.165) is 6.54 Å². The second-order valence-electron chi connectivity index (χ2n) is 2.61. The van der Waals surface area contributed by atoms with Crippen LogP contribution < -0.4 is 0 Å². The van der Waals surface area contributed by atoms with Crippen molar-refractivity contribution in [2.45, 2.75) is 13.5 Å². The van der Waals surface area contributed by atoms with Gasteiger partial charge in [0.2, 0.25) is 0 Å². The monoisotopic (exact) mass is 131 g/mol. The molecule has 1 heteroatoms. The van der Waals surface area contributed by atoms with E-state index in [2.05, 4.69) is 30.1 Å². The molecule has 0 atom stereocenters. The summed E-state index contributed by atoms with van der Waals surface area (Å²) < 4.78 is 0. The highest BCUT2D eigenvalue weighted by atomic mass is 14.7. The van der Waals surface area contributed by atoms with Crippen molar-refractivity contribution in [2.75, 3.05) is 0 Å². The summed E-state index contributed by atoms with van der Waals surface area (Å²) in [4.78, 5) is 4.19. The van der Waals surface area contributed by atoms with Crippen LogP contribution in [0.5, 0.6) is 0 Å². The van der Waals surface area contributed by atoms with Crippen LogP contribution in [0.2, 0.25) is 0 Å². The van der Waals surface area contributed by atoms with Crippen LogP contribution in [0.3, 0.4) is 0 Å². The van der Waals surface area contributed by atoms with Crippen LogP contribution in [0.4, 0.5) is 0 Å². The van der Waals surface area contributed by atoms with Crippen LogP contribution in [0.15, 0.2) is 23.2 Å². The van der Waals surface area contributed by atoms with Crippen LogP contribution >= 0.6 is 0 Å². The molecule has 1 aromatic carbocycles. The average Bonchev–Trinajstić information content (AvgIpc) is 2.36. The van der Waals surface area contributed by atoms with E-state index in [9.17, 15) is 0 Å². The minimum Gasteiger partial charge on any atom is -0.288 e. The van der Waals surface area contributed by atoms with Crippen molar-refractivity contribution < 1.29 is 0 Å². The van der Waals surface area contributed by atoms with E-state index < -0.39 is 0 Å². The van der Waals surface area contributed by atoms with Gasteiger partial charge >= 0.3 is 0 Å². The topological polar surface area (TPSA) is 12.4 Å². The summed E-state index contributed by atoms with van der Waals surface area (Å²) >= 11 is 0. The Bertz CT molecular complexity index is 287. The van der Waals surface area contributed by atoms with Gasteiger partial charge < -0.3 is 0 Å². The van der Waals surface area contributed by atoms with Gasteiger partial charge in [0.05, 0.1) is 6.54 Å². The SMILES string of the molecule is Cc1cccc2c1CN=C2. The van der Waals surface area contributed by atoms with Crippen LogP contribution in [0.1, 0.15) is 16.7 Å². The number of aliphatic imine (C=N–C) groups is 1. The normalized spacial score (nSPS) is 13.7. The van der Waals surface area contributed by atoms with Gasteiger partial charge in [-0.25, -0.2) is 0 Å². The smallest absolute Gasteiger partial charge is 0.0648 e. The first kappa shape index (κ1) is 5.66. The Kier molecular flexibility index (Phi) is 1.10. The fourth-order valence-electron chi connectivity index (χ4n) is 1.30. The van der Waals surface area contributed by atoms with Crippen molar-refractivity contribution in [3.63, 3.8) is 0 Å². The van der Waals surface area contributed by atoms with Crippen LogP contribution in [-0.2, 0) is 6.54 Å². The van der Waals surface area contributed by atoms with Crippen molar-refractivity contribution in [1.82, 2.24) is 0 Å². The molecule has 0 amide bonds. The van der Waals surface area contributed by atoms with E-state index in [4.69, 9.17) is 0 Å². The van der Waals surface area contributed by atoms with Gasteiger partial charge in [-0.15, -0.1) is 0 Å². The molecule has 1 nitrogen and oxygen atoms in total. The third kappa shape index (κ3) is 0.670. The highest BCUT2D eigenvalue weighted by Gasteiger charge is 2.06. The molecule has 1 aliphatic rings. The molecular formula is C9H9N. The zero-order chi connectivity index (χ0) is 6.97. The van der Waals surface area contributed by atoms with Gasteiger partial charge in [0.25, 0.3) is 0 Å². The molecule has 0 radical (unpaired) electrons. The fourth-order valence-corrected chi connectivity index (χ4v) is 1.30. The van der Waals surface area contributed by atoms with Crippen LogP contribution in [-0.4, -0.2) is 6.21 Å². The molecule has 0 unspecified atom stereocenters. The fraction of sp³-hybridized carbons (Fsp3) is 0.222. The highest BCUT2D eigenvalue weighted by molar-refractivity contribution is 5.84. The average molecular weight is 131 g/mol. The van der Waals surface area contributed by atoms with Gasteiger partial charge in [-0.2, -0.15) is 0 Å². The number of hydrogen-bond acceptors (Lipinski definition) is 1. The van der Waals surface area contributed by atoms with E-state index in [0.29, 0.717) is 0 Å². The lowest BCUT2D eigenvalue weighted by Gasteiger charge is -1.99. The van der Waals surface area contributed by atoms with E-state index in [1.165, 1.54) is 16.7 Å². The molecule has 1 aliphatic heterocycles. The third-order valence-electron chi connectivity index (χ3n) is 1.93. The van der Waals surface area contributed by atoms with Crippen molar-refractivity contribution in [3.05, 3.63) is 34.9 Å². The molecule has 10 heavy (non-hydrogen) atoms. The second kappa shape index (κ2) is 1.94. The summed E-state index contributed by atoms with van der Waals surface area (Å²) in [6.07, 6.45) is 1.95. The Morgan fingerprint density at radius 2 is 2.30 bits per heavy atom. The summed E-state index contributed by atoms with van der Waals surface area (Å²) in [7, 11) is 0. The van der Waals surface area contributed by atoms with Crippen molar-refractivity contribution in [3.8, 4) is 0 Å². The van der Waals surface area contributed by atoms with Gasteiger partial charge in [-0.05, 0) is 23.6 Å². The number of hydrogen-bond donors (Lipinski definition) is 0. The maximum Gasteiger partial charge on any atom is 0.0648 e. The molecule has 0 N–H and O–H groups in total. The Balaban J connectivity index is 2.66. The van der Waals surface area contributed by atoms with Gasteiger partial charge in [0.1, 0.15) is 0 Å². The minimum atomic E-state index is 0.877. The minimum absolute atomic E-state index is 0.877. The summed E-state index contributed by atoms with van der Waals surface area (Å²) in [6, 6.07) is 6.32. The summed E-state index contributed by atoms with van der Waals surface area (Å²) in [5.74, 6) is 0. The molecule has 0 spiro atoms. The lowest BCUT2D eigenvalue weighted by atomic mass is 10.1. The Labute approximate surface area is 60.4 Å². The predicted molar refractivity (Wildman–Crippen MR) is 42.5 cm³/mol. The van der Waals surface area contributed by atoms with Gasteiger partial charge in [0.15, 0.2) is 0 Å². The van der Waals surface area contributed by atoms with Crippen molar-refractivity contribution in [1.29, 1.82) is 0 Å². The summed E-state index contributed by atoms with van der Waals surface area (Å²) in [5, 5.41) is 0. The van der Waals surface area contributed by atoms with Gasteiger partial charge in [0, 0.05) is 6.21 Å². The maximum absolute atomic E-state index is 4.19. The first-order chi connectivity index (χ1) is 4.88. The molecule has 1 heterocycles. The van der Waals surface area contributed by atoms with Crippen LogP contribution in [0, 0.1) is 6.92 Å². The second-order valence-corrected chi connectivity index (χ2v) is 2.61. The number of nitrogens with zero attached hydrogens (tertiary/aromatic N) is 1. The zero-order valence-corrected chi connectivity index (χ0v) is 5.96. The first-order valence-corrected chi connectivity index (χ1v) is 3.46. The Morgan fingerprint density at radius 3 is 3.10 bits per heavy atom. The number of aryl methyl sites for hydroxylation is 1. The summed E-state index contributed by atoms with van der Waals surface area (Å²) in [5.41, 5.74) is 4.04. The standard InChI is InChI=1S/C9H9N/c1-7-3-2-4-8-5-10-6-9(7)8/h2-5H,6H2,1H3. The number of fused-ring (bicyclic) bond motifs is 1. The van der Waals surface area contributed by atoms with Crippen molar-refractivity contribution in [2.24, 2.45) is 4.99 Å². The molecule has 0 saturated heterocycles. The third-order valence-corrected chi connectivity index (χ3v) is 1.93. The Morgan fingerprint density at radius 1 is 1.40 bits per heavy atom. The molecule has 2 rings (SSSR count). The largest absolute Gasteiger partial charge is 0.288 e. The molecule has 0 aliphatic carbocycles.